The van der Waals surface area contributed by atoms with Crippen LogP contribution in [0.25, 0.3) is 0 Å². The number of ketones is 1. The molecule has 2 nitrogen and oxygen atoms in total. The number of Topliss-reactive ketones (excluding diaryl/α,β-unsaturated/α-hetero) is 1. The minimum Gasteiger partial charge on any atom is -0.294 e. The van der Waals surface area contributed by atoms with Crippen LogP contribution >= 0.6 is 11.8 Å². The Bertz CT molecular complexity index is 556. The average Bonchev–Trinajstić information content (AvgIpc) is 2.41. The Balaban J connectivity index is 2.13. The molecule has 0 atom stereocenters. The third-order valence-electron chi connectivity index (χ3n) is 2.50. The molecule has 0 aliphatic carbocycles. The molecule has 0 unspecified atom stereocenters. The Morgan fingerprint density at radius 2 is 1.44 bits per heavy atom. The predicted octanol–water partition coefficient (Wildman–Crippen LogP) is 3.53. The zero-order chi connectivity index (χ0) is 13.0. The highest BCUT2D eigenvalue weighted by Gasteiger charge is 2.03. The highest BCUT2D eigenvalue weighted by Crippen LogP contribution is 2.27. The molecule has 0 aromatic heterocycles. The van der Waals surface area contributed by atoms with E-state index in [1.807, 2.05) is 19.1 Å². The summed E-state index contributed by atoms with van der Waals surface area (Å²) in [6.07, 6.45) is 0.335. The quantitative estimate of drug-likeness (QED) is 0.477. The van der Waals surface area contributed by atoms with Crippen LogP contribution in [-0.2, 0) is 4.79 Å². The van der Waals surface area contributed by atoms with Crippen LogP contribution < -0.4 is 0 Å². The predicted molar refractivity (Wildman–Crippen MR) is 72.1 cm³/mol. The summed E-state index contributed by atoms with van der Waals surface area (Å²) in [6, 6.07) is 15.3. The van der Waals surface area contributed by atoms with E-state index in [9.17, 15) is 9.59 Å². The van der Waals surface area contributed by atoms with Gasteiger partial charge in [0.15, 0.2) is 6.29 Å². The molecular formula is C15H12O2S. The molecule has 3 heteroatoms. The van der Waals surface area contributed by atoms with E-state index in [2.05, 4.69) is 24.3 Å². The summed E-state index contributed by atoms with van der Waals surface area (Å²) in [5.74, 6) is -0.484. The van der Waals surface area contributed by atoms with E-state index in [0.717, 1.165) is 9.79 Å². The molecular weight excluding hydrogens is 244 g/mol. The molecule has 2 aromatic rings. The van der Waals surface area contributed by atoms with E-state index >= 15 is 0 Å². The smallest absolute Gasteiger partial charge is 0.225 e. The van der Waals surface area contributed by atoms with Crippen LogP contribution in [0.5, 0.6) is 0 Å². The number of aldehydes is 1. The van der Waals surface area contributed by atoms with Crippen molar-refractivity contribution >= 4 is 23.8 Å². The third kappa shape index (κ3) is 3.08. The van der Waals surface area contributed by atoms with Crippen LogP contribution in [0.3, 0.4) is 0 Å². The van der Waals surface area contributed by atoms with Crippen molar-refractivity contribution in [2.45, 2.75) is 16.7 Å². The minimum atomic E-state index is -0.484. The van der Waals surface area contributed by atoms with Crippen molar-refractivity contribution < 1.29 is 9.59 Å². The lowest BCUT2D eigenvalue weighted by Crippen LogP contribution is -1.98. The van der Waals surface area contributed by atoms with Crippen molar-refractivity contribution in [3.63, 3.8) is 0 Å². The number of aryl methyl sites for hydroxylation is 1. The number of rotatable bonds is 4. The van der Waals surface area contributed by atoms with E-state index in [-0.39, 0.29) is 0 Å². The van der Waals surface area contributed by atoms with Gasteiger partial charge in [-0.05, 0) is 43.3 Å². The molecule has 0 saturated carbocycles. The van der Waals surface area contributed by atoms with Crippen LogP contribution in [0.1, 0.15) is 15.9 Å². The van der Waals surface area contributed by atoms with Gasteiger partial charge in [-0.25, -0.2) is 0 Å². The minimum absolute atomic E-state index is 0.335. The van der Waals surface area contributed by atoms with Crippen LogP contribution in [0, 0.1) is 6.92 Å². The van der Waals surface area contributed by atoms with Crippen LogP contribution in [0.15, 0.2) is 58.3 Å². The fourth-order valence-corrected chi connectivity index (χ4v) is 2.31. The maximum absolute atomic E-state index is 11.1. The summed E-state index contributed by atoms with van der Waals surface area (Å²) in [7, 11) is 0. The normalized spacial score (nSPS) is 10.1. The number of hydrogen-bond acceptors (Lipinski definition) is 3. The number of carbonyl (C=O) groups excluding carboxylic acids is 2. The Kier molecular flexibility index (Phi) is 3.95. The zero-order valence-electron chi connectivity index (χ0n) is 9.92. The average molecular weight is 256 g/mol. The van der Waals surface area contributed by atoms with Gasteiger partial charge in [0.25, 0.3) is 0 Å². The summed E-state index contributed by atoms with van der Waals surface area (Å²) in [5, 5.41) is 0. The molecule has 0 heterocycles. The molecule has 0 radical (unpaired) electrons. The van der Waals surface area contributed by atoms with E-state index in [1.165, 1.54) is 5.56 Å². The summed E-state index contributed by atoms with van der Waals surface area (Å²) in [5.41, 5.74) is 1.66. The first kappa shape index (κ1) is 12.6. The first-order valence-corrected chi connectivity index (χ1v) is 6.35. The van der Waals surface area contributed by atoms with Crippen molar-refractivity contribution in [1.82, 2.24) is 0 Å². The fourth-order valence-electron chi connectivity index (χ4n) is 1.50. The molecule has 0 bridgehead atoms. The summed E-state index contributed by atoms with van der Waals surface area (Å²) in [4.78, 5) is 23.7. The van der Waals surface area contributed by atoms with Crippen molar-refractivity contribution in [2.75, 3.05) is 0 Å². The Morgan fingerprint density at radius 1 is 0.944 bits per heavy atom. The highest BCUT2D eigenvalue weighted by molar-refractivity contribution is 7.99. The van der Waals surface area contributed by atoms with E-state index in [1.54, 1.807) is 23.9 Å². The van der Waals surface area contributed by atoms with Gasteiger partial charge in [0.1, 0.15) is 0 Å². The lowest BCUT2D eigenvalue weighted by Gasteiger charge is -2.02. The van der Waals surface area contributed by atoms with Gasteiger partial charge in [0.05, 0.1) is 0 Å². The second kappa shape index (κ2) is 5.65. The molecule has 0 N–H and O–H groups in total. The topological polar surface area (TPSA) is 34.1 Å². The second-order valence-electron chi connectivity index (χ2n) is 3.92. The molecule has 0 aliphatic rings. The lowest BCUT2D eigenvalue weighted by atomic mass is 10.1. The molecule has 0 amide bonds. The van der Waals surface area contributed by atoms with Crippen LogP contribution in [0.4, 0.5) is 0 Å². The number of hydrogen-bond donors (Lipinski definition) is 0. The summed E-state index contributed by atoms with van der Waals surface area (Å²) in [6.45, 7) is 2.05. The summed E-state index contributed by atoms with van der Waals surface area (Å²) >= 11 is 1.62. The van der Waals surface area contributed by atoms with Gasteiger partial charge in [-0.1, -0.05) is 29.5 Å². The van der Waals surface area contributed by atoms with Crippen molar-refractivity contribution in [2.24, 2.45) is 0 Å². The van der Waals surface area contributed by atoms with Gasteiger partial charge < -0.3 is 0 Å². The van der Waals surface area contributed by atoms with E-state index in [0.29, 0.717) is 11.8 Å². The molecule has 90 valence electrons. The van der Waals surface area contributed by atoms with Gasteiger partial charge in [0, 0.05) is 15.4 Å². The van der Waals surface area contributed by atoms with Gasteiger partial charge in [-0.2, -0.15) is 0 Å². The first-order chi connectivity index (χ1) is 8.69. The zero-order valence-corrected chi connectivity index (χ0v) is 10.7. The van der Waals surface area contributed by atoms with Crippen LogP contribution in [-0.4, -0.2) is 12.1 Å². The molecule has 0 saturated heterocycles. The third-order valence-corrected chi connectivity index (χ3v) is 3.52. The van der Waals surface area contributed by atoms with Gasteiger partial charge >= 0.3 is 0 Å². The van der Waals surface area contributed by atoms with E-state index < -0.39 is 5.78 Å². The van der Waals surface area contributed by atoms with E-state index in [4.69, 9.17) is 0 Å². The maximum Gasteiger partial charge on any atom is 0.225 e. The molecule has 2 rings (SSSR count). The fraction of sp³-hybridized carbons (Fsp3) is 0.0667. The van der Waals surface area contributed by atoms with Crippen molar-refractivity contribution in [1.29, 1.82) is 0 Å². The maximum atomic E-state index is 11.1. The number of benzene rings is 2. The SMILES string of the molecule is Cc1ccc(Sc2ccc(C(=O)C=O)cc2)cc1. The van der Waals surface area contributed by atoms with Crippen LogP contribution in [0.2, 0.25) is 0 Å². The second-order valence-corrected chi connectivity index (χ2v) is 5.07. The van der Waals surface area contributed by atoms with Gasteiger partial charge in [0.2, 0.25) is 5.78 Å². The standard InChI is InChI=1S/C15H12O2S/c1-11-2-6-13(7-3-11)18-14-8-4-12(5-9-14)15(17)10-16/h2-10H,1H3. The highest BCUT2D eigenvalue weighted by atomic mass is 32.2. The molecule has 0 aliphatic heterocycles. The molecule has 2 aromatic carbocycles. The van der Waals surface area contributed by atoms with Crippen molar-refractivity contribution in [3.05, 3.63) is 59.7 Å². The largest absolute Gasteiger partial charge is 0.294 e. The molecule has 0 spiro atoms. The summed E-state index contributed by atoms with van der Waals surface area (Å²) < 4.78 is 0. The Hall–Kier alpha value is -1.87. The Labute approximate surface area is 110 Å². The molecule has 18 heavy (non-hydrogen) atoms. The first-order valence-electron chi connectivity index (χ1n) is 5.53. The lowest BCUT2D eigenvalue weighted by molar-refractivity contribution is -0.104. The molecule has 0 fully saturated rings. The Morgan fingerprint density at radius 3 is 1.94 bits per heavy atom. The van der Waals surface area contributed by atoms with Crippen molar-refractivity contribution in [3.8, 4) is 0 Å². The monoisotopic (exact) mass is 256 g/mol. The van der Waals surface area contributed by atoms with Gasteiger partial charge in [-0.3, -0.25) is 9.59 Å². The van der Waals surface area contributed by atoms with Gasteiger partial charge in [-0.15, -0.1) is 0 Å². The number of carbonyl (C=O) groups is 2.